The van der Waals surface area contributed by atoms with E-state index in [1.165, 1.54) is 0 Å². The van der Waals surface area contributed by atoms with Gasteiger partial charge in [0.2, 0.25) is 0 Å². The highest BCUT2D eigenvalue weighted by atomic mass is 16.5. The number of carbonyl (C=O) groups excluding carboxylic acids is 1. The first-order chi connectivity index (χ1) is 8.33. The van der Waals surface area contributed by atoms with Gasteiger partial charge in [-0.2, -0.15) is 0 Å². The number of rotatable bonds is 3. The summed E-state index contributed by atoms with van der Waals surface area (Å²) in [6.45, 7) is 0. The van der Waals surface area contributed by atoms with Crippen LogP contribution in [0.2, 0.25) is 0 Å². The molecule has 0 radical (unpaired) electrons. The Bertz CT molecular complexity index is 532. The molecule has 0 bridgehead atoms. The van der Waals surface area contributed by atoms with Crippen LogP contribution >= 0.6 is 0 Å². The normalized spacial score (nSPS) is 14.6. The molecule has 1 aliphatic rings. The SMILES string of the molecule is O=C(NC1CC1)c1cc(-c2cccnc2)on1. The van der Waals surface area contributed by atoms with Gasteiger partial charge in [0, 0.05) is 30.1 Å². The van der Waals surface area contributed by atoms with Gasteiger partial charge >= 0.3 is 0 Å². The fraction of sp³-hybridized carbons (Fsp3) is 0.250. The van der Waals surface area contributed by atoms with Crippen LogP contribution in [0.1, 0.15) is 23.3 Å². The first-order valence-electron chi connectivity index (χ1n) is 5.51. The highest BCUT2D eigenvalue weighted by molar-refractivity contribution is 5.93. The van der Waals surface area contributed by atoms with Gasteiger partial charge in [-0.1, -0.05) is 5.16 Å². The standard InChI is InChI=1S/C12H11N3O2/c16-12(14-9-3-4-9)10-6-11(17-15-10)8-2-1-5-13-7-8/h1-2,5-7,9H,3-4H2,(H,14,16). The van der Waals surface area contributed by atoms with Crippen molar-refractivity contribution in [2.75, 3.05) is 0 Å². The number of hydrogen-bond donors (Lipinski definition) is 1. The zero-order chi connectivity index (χ0) is 11.7. The fourth-order valence-electron chi connectivity index (χ4n) is 1.51. The molecule has 0 aliphatic heterocycles. The van der Waals surface area contributed by atoms with Crippen LogP contribution in [0.25, 0.3) is 11.3 Å². The van der Waals surface area contributed by atoms with E-state index in [0.717, 1.165) is 18.4 Å². The van der Waals surface area contributed by atoms with Crippen LogP contribution in [-0.4, -0.2) is 22.1 Å². The molecule has 1 N–H and O–H groups in total. The maximum Gasteiger partial charge on any atom is 0.273 e. The monoisotopic (exact) mass is 229 g/mol. The van der Waals surface area contributed by atoms with Crippen LogP contribution in [0.3, 0.4) is 0 Å². The Balaban J connectivity index is 1.80. The maximum absolute atomic E-state index is 11.7. The number of nitrogens with zero attached hydrogens (tertiary/aromatic N) is 2. The number of aromatic nitrogens is 2. The van der Waals surface area contributed by atoms with Crippen molar-refractivity contribution >= 4 is 5.91 Å². The third kappa shape index (κ3) is 2.18. The molecular weight excluding hydrogens is 218 g/mol. The molecule has 5 heteroatoms. The Labute approximate surface area is 97.8 Å². The van der Waals surface area contributed by atoms with Gasteiger partial charge in [-0.15, -0.1) is 0 Å². The molecule has 86 valence electrons. The summed E-state index contributed by atoms with van der Waals surface area (Å²) in [6, 6.07) is 5.62. The highest BCUT2D eigenvalue weighted by Crippen LogP contribution is 2.21. The van der Waals surface area contributed by atoms with Gasteiger partial charge in [0.05, 0.1) is 0 Å². The Kier molecular flexibility index (Phi) is 2.36. The lowest BCUT2D eigenvalue weighted by atomic mass is 10.2. The molecule has 1 amide bonds. The van der Waals surface area contributed by atoms with Gasteiger partial charge in [0.15, 0.2) is 11.5 Å². The van der Waals surface area contributed by atoms with Crippen molar-refractivity contribution in [1.29, 1.82) is 0 Å². The Morgan fingerprint density at radius 2 is 2.35 bits per heavy atom. The summed E-state index contributed by atoms with van der Waals surface area (Å²) >= 11 is 0. The molecule has 0 atom stereocenters. The van der Waals surface area contributed by atoms with Crippen LogP contribution in [-0.2, 0) is 0 Å². The molecule has 17 heavy (non-hydrogen) atoms. The van der Waals surface area contributed by atoms with E-state index in [1.54, 1.807) is 18.5 Å². The van der Waals surface area contributed by atoms with Crippen LogP contribution in [0.5, 0.6) is 0 Å². The lowest BCUT2D eigenvalue weighted by molar-refractivity contribution is 0.0942. The minimum atomic E-state index is -0.175. The van der Waals surface area contributed by atoms with E-state index in [9.17, 15) is 4.79 Å². The van der Waals surface area contributed by atoms with Gasteiger partial charge in [0.25, 0.3) is 5.91 Å². The molecule has 1 fully saturated rings. The molecular formula is C12H11N3O2. The smallest absolute Gasteiger partial charge is 0.273 e. The minimum absolute atomic E-state index is 0.175. The second-order valence-corrected chi connectivity index (χ2v) is 4.07. The Morgan fingerprint density at radius 1 is 1.47 bits per heavy atom. The van der Waals surface area contributed by atoms with E-state index in [-0.39, 0.29) is 5.91 Å². The van der Waals surface area contributed by atoms with E-state index in [4.69, 9.17) is 4.52 Å². The fourth-order valence-corrected chi connectivity index (χ4v) is 1.51. The lowest BCUT2D eigenvalue weighted by Crippen LogP contribution is -2.25. The van der Waals surface area contributed by atoms with Crippen molar-refractivity contribution in [1.82, 2.24) is 15.5 Å². The Morgan fingerprint density at radius 3 is 3.06 bits per heavy atom. The summed E-state index contributed by atoms with van der Waals surface area (Å²) in [4.78, 5) is 15.7. The topological polar surface area (TPSA) is 68.0 Å². The zero-order valence-corrected chi connectivity index (χ0v) is 9.09. The van der Waals surface area contributed by atoms with Gasteiger partial charge in [-0.05, 0) is 25.0 Å². The van der Waals surface area contributed by atoms with Crippen molar-refractivity contribution in [2.24, 2.45) is 0 Å². The number of amides is 1. The predicted octanol–water partition coefficient (Wildman–Crippen LogP) is 1.63. The minimum Gasteiger partial charge on any atom is -0.355 e. The second kappa shape index (κ2) is 4.01. The molecule has 2 aromatic rings. The first kappa shape index (κ1) is 10.0. The van der Waals surface area contributed by atoms with Gasteiger partial charge < -0.3 is 9.84 Å². The third-order valence-electron chi connectivity index (χ3n) is 2.60. The zero-order valence-electron chi connectivity index (χ0n) is 9.09. The van der Waals surface area contributed by atoms with Crippen LogP contribution in [0.15, 0.2) is 35.1 Å². The summed E-state index contributed by atoms with van der Waals surface area (Å²) in [5.74, 6) is 0.380. The quantitative estimate of drug-likeness (QED) is 0.868. The average molecular weight is 229 g/mol. The van der Waals surface area contributed by atoms with Crippen molar-refractivity contribution in [3.05, 3.63) is 36.3 Å². The molecule has 1 saturated carbocycles. The van der Waals surface area contributed by atoms with Crippen LogP contribution in [0.4, 0.5) is 0 Å². The van der Waals surface area contributed by atoms with Gasteiger partial charge in [0.1, 0.15) is 0 Å². The van der Waals surface area contributed by atoms with E-state index in [2.05, 4.69) is 15.5 Å². The summed E-state index contributed by atoms with van der Waals surface area (Å²) in [6.07, 6.45) is 5.46. The van der Waals surface area contributed by atoms with Gasteiger partial charge in [-0.3, -0.25) is 9.78 Å². The van der Waals surface area contributed by atoms with Gasteiger partial charge in [-0.25, -0.2) is 0 Å². The molecule has 0 spiro atoms. The summed E-state index contributed by atoms with van der Waals surface area (Å²) in [7, 11) is 0. The van der Waals surface area contributed by atoms with Crippen molar-refractivity contribution in [2.45, 2.75) is 18.9 Å². The predicted molar refractivity (Wildman–Crippen MR) is 60.2 cm³/mol. The average Bonchev–Trinajstić information content (AvgIpc) is 3.04. The number of hydrogen-bond acceptors (Lipinski definition) is 4. The van der Waals surface area contributed by atoms with E-state index in [1.807, 2.05) is 12.1 Å². The first-order valence-corrected chi connectivity index (χ1v) is 5.51. The largest absolute Gasteiger partial charge is 0.355 e. The van der Waals surface area contributed by atoms with Crippen LogP contribution in [0, 0.1) is 0 Å². The van der Waals surface area contributed by atoms with Crippen molar-refractivity contribution in [3.8, 4) is 11.3 Å². The summed E-state index contributed by atoms with van der Waals surface area (Å²) in [5, 5.41) is 6.62. The number of carbonyl (C=O) groups is 1. The Hall–Kier alpha value is -2.17. The van der Waals surface area contributed by atoms with E-state index < -0.39 is 0 Å². The maximum atomic E-state index is 11.7. The van der Waals surface area contributed by atoms with E-state index in [0.29, 0.717) is 17.5 Å². The molecule has 0 aromatic carbocycles. The molecule has 1 aliphatic carbocycles. The molecule has 0 saturated heterocycles. The second-order valence-electron chi connectivity index (χ2n) is 4.07. The molecule has 3 rings (SSSR count). The highest BCUT2D eigenvalue weighted by Gasteiger charge is 2.25. The number of pyridine rings is 1. The van der Waals surface area contributed by atoms with Crippen LogP contribution < -0.4 is 5.32 Å². The summed E-state index contributed by atoms with van der Waals surface area (Å²) in [5.41, 5.74) is 1.13. The lowest BCUT2D eigenvalue weighted by Gasteiger charge is -1.96. The molecule has 2 aromatic heterocycles. The summed E-state index contributed by atoms with van der Waals surface area (Å²) < 4.78 is 5.12. The third-order valence-corrected chi connectivity index (χ3v) is 2.60. The van der Waals surface area contributed by atoms with E-state index >= 15 is 0 Å². The van der Waals surface area contributed by atoms with Crippen molar-refractivity contribution in [3.63, 3.8) is 0 Å². The molecule has 5 nitrogen and oxygen atoms in total. The number of nitrogens with one attached hydrogen (secondary N) is 1. The molecule has 2 heterocycles. The molecule has 0 unspecified atom stereocenters. The van der Waals surface area contributed by atoms with Crippen molar-refractivity contribution < 1.29 is 9.32 Å².